The van der Waals surface area contributed by atoms with Gasteiger partial charge in [-0.05, 0) is 41.0 Å². The van der Waals surface area contributed by atoms with Gasteiger partial charge >= 0.3 is 0 Å². The lowest BCUT2D eigenvalue weighted by Crippen LogP contribution is -1.92. The number of aromatic nitrogens is 1. The zero-order chi connectivity index (χ0) is 19.2. The molecule has 0 atom stereocenters. The van der Waals surface area contributed by atoms with E-state index in [1.165, 1.54) is 43.0 Å². The van der Waals surface area contributed by atoms with Crippen LogP contribution >= 0.6 is 11.8 Å². The zero-order valence-corrected chi connectivity index (χ0v) is 16.5. The number of para-hydroxylation sites is 1. The lowest BCUT2D eigenvalue weighted by molar-refractivity contribution is 1.37. The third-order valence-electron chi connectivity index (χ3n) is 5.49. The molecule has 0 saturated heterocycles. The molecule has 4 aromatic carbocycles. The molecule has 2 heteroatoms. The molecule has 136 valence electrons. The standard InChI is InChI=1S/C27H17NS/c1-5-13-23-18(8-1)16-17-24(28-23)22-12-7-15-26-27(22)21-11-3-2-9-19(21)20-10-4-6-14-25(20)29-26/h1-17H. The van der Waals surface area contributed by atoms with Crippen LogP contribution in [-0.4, -0.2) is 4.98 Å². The van der Waals surface area contributed by atoms with Gasteiger partial charge in [-0.15, -0.1) is 0 Å². The van der Waals surface area contributed by atoms with Gasteiger partial charge < -0.3 is 0 Å². The first kappa shape index (κ1) is 16.6. The van der Waals surface area contributed by atoms with Gasteiger partial charge in [-0.1, -0.05) is 90.6 Å². The molecule has 0 radical (unpaired) electrons. The van der Waals surface area contributed by atoms with Crippen molar-refractivity contribution >= 4 is 22.7 Å². The molecule has 1 aliphatic heterocycles. The average Bonchev–Trinajstić information content (AvgIpc) is 2.93. The first-order valence-corrected chi connectivity index (χ1v) is 10.6. The summed E-state index contributed by atoms with van der Waals surface area (Å²) in [6.07, 6.45) is 0. The summed E-state index contributed by atoms with van der Waals surface area (Å²) in [5.74, 6) is 0. The largest absolute Gasteiger partial charge is 0.248 e. The third kappa shape index (κ3) is 2.68. The molecule has 0 aliphatic carbocycles. The van der Waals surface area contributed by atoms with Crippen LogP contribution in [0.25, 0.3) is 44.4 Å². The monoisotopic (exact) mass is 387 g/mol. The predicted molar refractivity (Wildman–Crippen MR) is 122 cm³/mol. The highest BCUT2D eigenvalue weighted by Gasteiger charge is 2.22. The van der Waals surface area contributed by atoms with Crippen molar-refractivity contribution in [3.63, 3.8) is 0 Å². The Balaban J connectivity index is 1.66. The molecule has 0 saturated carbocycles. The van der Waals surface area contributed by atoms with Crippen LogP contribution in [-0.2, 0) is 0 Å². The first-order chi connectivity index (χ1) is 14.4. The number of rotatable bonds is 1. The maximum atomic E-state index is 5.00. The Morgan fingerprint density at radius 3 is 2.10 bits per heavy atom. The number of pyridine rings is 1. The summed E-state index contributed by atoms with van der Waals surface area (Å²) in [6.45, 7) is 0. The van der Waals surface area contributed by atoms with Crippen LogP contribution in [0.2, 0.25) is 0 Å². The Morgan fingerprint density at radius 1 is 0.483 bits per heavy atom. The molecular weight excluding hydrogens is 370 g/mol. The van der Waals surface area contributed by atoms with Gasteiger partial charge in [0.1, 0.15) is 0 Å². The van der Waals surface area contributed by atoms with Crippen molar-refractivity contribution in [2.75, 3.05) is 0 Å². The van der Waals surface area contributed by atoms with E-state index in [-0.39, 0.29) is 0 Å². The molecule has 29 heavy (non-hydrogen) atoms. The van der Waals surface area contributed by atoms with Crippen molar-refractivity contribution in [2.45, 2.75) is 9.79 Å². The smallest absolute Gasteiger partial charge is 0.0716 e. The Hall–Kier alpha value is -3.36. The zero-order valence-electron chi connectivity index (χ0n) is 15.7. The first-order valence-electron chi connectivity index (χ1n) is 9.74. The van der Waals surface area contributed by atoms with Gasteiger partial charge in [0.15, 0.2) is 0 Å². The van der Waals surface area contributed by atoms with Crippen molar-refractivity contribution in [1.29, 1.82) is 0 Å². The summed E-state index contributed by atoms with van der Waals surface area (Å²) in [5, 5.41) is 1.17. The normalized spacial score (nSPS) is 12.0. The van der Waals surface area contributed by atoms with Crippen LogP contribution in [0.1, 0.15) is 0 Å². The minimum Gasteiger partial charge on any atom is -0.248 e. The topological polar surface area (TPSA) is 12.9 Å². The summed E-state index contributed by atoms with van der Waals surface area (Å²) >= 11 is 1.84. The SMILES string of the molecule is c1ccc2c(c1)Sc1cccc(-c3ccc4ccccc4n3)c1-c1ccccc1-2. The minimum absolute atomic E-state index is 1.02. The van der Waals surface area contributed by atoms with Gasteiger partial charge in [0, 0.05) is 26.3 Å². The van der Waals surface area contributed by atoms with Crippen LogP contribution in [0.15, 0.2) is 113 Å². The molecule has 1 aromatic heterocycles. The average molecular weight is 388 g/mol. The van der Waals surface area contributed by atoms with E-state index >= 15 is 0 Å². The van der Waals surface area contributed by atoms with Crippen LogP contribution in [0.3, 0.4) is 0 Å². The molecule has 5 aromatic rings. The second-order valence-electron chi connectivity index (χ2n) is 7.21. The van der Waals surface area contributed by atoms with E-state index in [9.17, 15) is 0 Å². The lowest BCUT2D eigenvalue weighted by atomic mass is 9.90. The molecular formula is C27H17NS. The molecule has 0 spiro atoms. The van der Waals surface area contributed by atoms with Crippen LogP contribution < -0.4 is 0 Å². The van der Waals surface area contributed by atoms with Gasteiger partial charge in [0.25, 0.3) is 0 Å². The van der Waals surface area contributed by atoms with Crippen LogP contribution in [0.4, 0.5) is 0 Å². The fourth-order valence-electron chi connectivity index (χ4n) is 4.16. The second kappa shape index (κ2) is 6.61. The maximum absolute atomic E-state index is 5.00. The van der Waals surface area contributed by atoms with E-state index in [1.54, 1.807) is 0 Å². The van der Waals surface area contributed by atoms with Crippen LogP contribution in [0, 0.1) is 0 Å². The van der Waals surface area contributed by atoms with Crippen molar-refractivity contribution in [3.8, 4) is 33.5 Å². The Morgan fingerprint density at radius 2 is 1.17 bits per heavy atom. The maximum Gasteiger partial charge on any atom is 0.0716 e. The summed E-state index contributed by atoms with van der Waals surface area (Å²) in [5.41, 5.74) is 8.34. The number of fused-ring (bicyclic) bond motifs is 6. The van der Waals surface area contributed by atoms with E-state index in [4.69, 9.17) is 4.98 Å². The molecule has 0 N–H and O–H groups in total. The van der Waals surface area contributed by atoms with Crippen molar-refractivity contribution in [3.05, 3.63) is 103 Å². The van der Waals surface area contributed by atoms with Crippen molar-refractivity contribution < 1.29 is 0 Å². The fraction of sp³-hybridized carbons (Fsp3) is 0. The quantitative estimate of drug-likeness (QED) is 0.287. The van der Waals surface area contributed by atoms with Gasteiger partial charge in [0.05, 0.1) is 11.2 Å². The molecule has 1 aliphatic rings. The number of hydrogen-bond acceptors (Lipinski definition) is 2. The van der Waals surface area contributed by atoms with Gasteiger partial charge in [0.2, 0.25) is 0 Å². The summed E-state index contributed by atoms with van der Waals surface area (Å²) in [4.78, 5) is 7.56. The highest BCUT2D eigenvalue weighted by molar-refractivity contribution is 7.99. The van der Waals surface area contributed by atoms with Crippen molar-refractivity contribution in [2.24, 2.45) is 0 Å². The van der Waals surface area contributed by atoms with E-state index in [0.717, 1.165) is 11.2 Å². The summed E-state index contributed by atoms with van der Waals surface area (Å²) in [6, 6.07) is 36.6. The van der Waals surface area contributed by atoms with Crippen LogP contribution in [0.5, 0.6) is 0 Å². The molecule has 0 unspecified atom stereocenters. The predicted octanol–water partition coefficient (Wildman–Crippen LogP) is 7.70. The minimum atomic E-state index is 1.02. The summed E-state index contributed by atoms with van der Waals surface area (Å²) < 4.78 is 0. The van der Waals surface area contributed by atoms with Gasteiger partial charge in [-0.2, -0.15) is 0 Å². The molecule has 0 fully saturated rings. The van der Waals surface area contributed by atoms with Gasteiger partial charge in [-0.25, -0.2) is 4.98 Å². The van der Waals surface area contributed by atoms with Crippen molar-refractivity contribution in [1.82, 2.24) is 4.98 Å². The Kier molecular flexibility index (Phi) is 3.78. The number of hydrogen-bond donors (Lipinski definition) is 0. The summed E-state index contributed by atoms with van der Waals surface area (Å²) in [7, 11) is 0. The van der Waals surface area contributed by atoms with E-state index in [2.05, 4.69) is 97.1 Å². The Labute approximate surface area is 174 Å². The fourth-order valence-corrected chi connectivity index (χ4v) is 5.30. The second-order valence-corrected chi connectivity index (χ2v) is 8.30. The number of nitrogens with zero attached hydrogens (tertiary/aromatic N) is 1. The highest BCUT2D eigenvalue weighted by Crippen LogP contribution is 2.50. The van der Waals surface area contributed by atoms with E-state index in [0.29, 0.717) is 0 Å². The van der Waals surface area contributed by atoms with Gasteiger partial charge in [-0.3, -0.25) is 0 Å². The molecule has 6 rings (SSSR count). The van der Waals surface area contributed by atoms with E-state index < -0.39 is 0 Å². The highest BCUT2D eigenvalue weighted by atomic mass is 32.2. The molecule has 1 nitrogen and oxygen atoms in total. The Bertz CT molecular complexity index is 1390. The lowest BCUT2D eigenvalue weighted by Gasteiger charge is -2.15. The molecule has 0 amide bonds. The van der Waals surface area contributed by atoms with E-state index in [1.807, 2.05) is 17.8 Å². The molecule has 0 bridgehead atoms. The molecule has 2 heterocycles. The number of benzene rings is 4. The third-order valence-corrected chi connectivity index (χ3v) is 6.63.